The van der Waals surface area contributed by atoms with Gasteiger partial charge in [0.2, 0.25) is 49.5 Å². The number of aryl methyl sites for hydroxylation is 8. The van der Waals surface area contributed by atoms with Crippen molar-refractivity contribution in [2.24, 2.45) is 0 Å². The van der Waals surface area contributed by atoms with E-state index in [4.69, 9.17) is 111 Å². The summed E-state index contributed by atoms with van der Waals surface area (Å²) >= 11 is 116. The number of nitriles is 3. The molecule has 0 unspecified atom stereocenters. The van der Waals surface area contributed by atoms with E-state index in [1.807, 2.05) is 116 Å². The molecular weight excluding hydrogens is 7000 g/mol. The molecular formula is C67H55Br4Cl6I42N19O4-2. The maximum absolute atomic E-state index is 9.31. The van der Waals surface area contributed by atoms with Crippen molar-refractivity contribution >= 4 is 731 Å². The molecule has 0 spiro atoms. The molecule has 0 fully saturated rings. The van der Waals surface area contributed by atoms with Crippen LogP contribution in [0.1, 0.15) is 61.2 Å². The quantitative estimate of drug-likeness (QED) is 0.0191. The van der Waals surface area contributed by atoms with E-state index in [1.54, 1.807) is 72.8 Å². The number of phenols is 1. The van der Waals surface area contributed by atoms with Crippen LogP contribution in [0.5, 0.6) is 41.0 Å². The number of benzene rings is 7. The van der Waals surface area contributed by atoms with E-state index in [2.05, 4.69) is 582 Å². The maximum Gasteiger partial charge on any atom is 0.0991 e. The van der Waals surface area contributed by atoms with Crippen LogP contribution in [-0.4, -0.2) is 64.9 Å². The zero-order valence-electron chi connectivity index (χ0n) is 69.7. The van der Waals surface area contributed by atoms with Crippen molar-refractivity contribution in [3.8, 4) is 59.2 Å². The van der Waals surface area contributed by atoms with Crippen LogP contribution < -0.4 is 62.8 Å². The van der Waals surface area contributed by atoms with Gasteiger partial charge in [0, 0.05) is 35.0 Å². The van der Waals surface area contributed by atoms with Crippen LogP contribution in [0.15, 0.2) is 152 Å². The predicted molar refractivity (Wildman–Crippen MR) is 967 cm³/mol. The van der Waals surface area contributed by atoms with Crippen LogP contribution in [0.2, 0.25) is 31.7 Å². The molecule has 11 rings (SSSR count). The minimum Gasteiger partial charge on any atom is -0.399 e. The Morgan fingerprint density at radius 1 is 0.338 bits per heavy atom. The van der Waals surface area contributed by atoms with Crippen molar-refractivity contribution in [1.82, 2.24) is 59.8 Å². The van der Waals surface area contributed by atoms with Gasteiger partial charge in [-0.05, 0) is 291 Å². The first-order valence-electron chi connectivity index (χ1n) is 33.9. The van der Waals surface area contributed by atoms with Crippen LogP contribution >= 0.6 is 696 Å². The summed E-state index contributed by atoms with van der Waals surface area (Å²) in [6, 6.07) is 42.2. The van der Waals surface area contributed by atoms with Crippen LogP contribution in [0.4, 0.5) is 34.9 Å². The summed E-state index contributed by atoms with van der Waals surface area (Å²) in [6.07, 6.45) is 0. The molecule has 23 nitrogen and oxygen atoms in total. The van der Waals surface area contributed by atoms with Gasteiger partial charge < -0.3 is 41.4 Å². The number of nitrogens with zero attached hydrogens (tertiary/aromatic N) is 15. The standard InChI is InChI=1S/C18H13BrClN5O.C18H15BrN6O.C11H8BrCl2N3O.C8H9BrO.C7H6N2.C3Cl3N3.C2H4.I15.I14.I13/c1-10-7-13(19)8-11(2)15(10)26-18-24-16(20)23-17(25-18)22-14-5-3-12(9-21)4-6-14;1-10-7-13(19)8-11(2)15(10)22-17-23-16(21)24-18(25-17)26-14-5-3-12(9-20)4-6-14;1-5-3-7(12)4-6(2)8(5)18-11-16-9(13)15-10(14)17-11;1-5-3-7(9)4-6(2)8(5)10;8-5-6-1-3-7(9)4-2-6;4-1-7-2(5)9-3(6)8-1;1-2;1-9-11(4)13(6)15(8)14(7)12(5)10(2)3;1-9(2)11(5)13(7)14(8)12(6)10(3)4;1-8-10(4)12(6)13(7)11(5)9(2)3/h3-8H,1-2H3,(H,22,23,24,25);3-8H,1-2H3,(H3,21,22,23,24,25);3-4H,1-2H3;3-4,10H,1-2H3;1-4H,9H2;;1-2H2;;;/q;;;;;;;-1;;-1. The molecule has 0 aliphatic heterocycles. The monoisotopic (exact) mass is 7040 g/mol. The SMILES string of the molecule is C=C.Cc1cc(Br)cc(C)c1Nc1nc(N)nc(Oc2ccc(C#N)cc2)n1.Cc1cc(Br)cc(C)c1O.Cc1cc(Br)cc(C)c1Oc1nc(Cl)nc(Cl)n1.Cc1cc(Br)cc(C)c1Oc1nc(Cl)nc(Nc2ccc(C#N)cc2)n1.Clc1nc(Cl)nc(Cl)n1.II(I)I(I)I(I)I(I)I(I)I(I)I.I[I-]I(I)I(I)I(I)I(I)I(I)I.I[I-]I(I)I(I)I(I)I(I)I(I)I(I)I.N#Cc1ccc(N)cc1. The molecule has 75 heteroatoms. The largest absolute Gasteiger partial charge is 0.399 e. The number of hydrogen-bond donors (Lipinski definition) is 5. The summed E-state index contributed by atoms with van der Waals surface area (Å²) in [7, 11) is -5.73. The molecule has 0 aliphatic carbocycles. The van der Waals surface area contributed by atoms with Crippen molar-refractivity contribution in [2.45, 2.75) is 55.4 Å². The van der Waals surface area contributed by atoms with Gasteiger partial charge in [-0.3, -0.25) is 0 Å². The molecule has 7 aromatic carbocycles. The molecule has 0 atom stereocenters. The number of aromatic hydroxyl groups is 1. The summed E-state index contributed by atoms with van der Waals surface area (Å²) in [6.45, 7) is 21.5. The third-order valence-corrected chi connectivity index (χ3v) is 2490. The molecule has 142 heavy (non-hydrogen) atoms. The van der Waals surface area contributed by atoms with Crippen molar-refractivity contribution in [3.05, 3.63) is 245 Å². The average molecular weight is 7050 g/mol. The summed E-state index contributed by atoms with van der Waals surface area (Å²) in [5.41, 5.74) is 22.9. The summed E-state index contributed by atoms with van der Waals surface area (Å²) in [4.78, 5) is 46.4. The second-order valence-corrected chi connectivity index (χ2v) is 890. The molecule has 0 radical (unpaired) electrons. The second kappa shape index (κ2) is 90.4. The van der Waals surface area contributed by atoms with Crippen molar-refractivity contribution < 1.29 is 45.8 Å². The Hall–Kier alpha value is 21.5. The molecule has 0 saturated carbocycles. The van der Waals surface area contributed by atoms with Crippen LogP contribution in [0.3, 0.4) is 0 Å². The minimum absolute atomic E-state index is 0.000000000000000444. The number of halogens is 52. The van der Waals surface area contributed by atoms with Crippen LogP contribution in [0, 0.1) is 89.4 Å². The maximum atomic E-state index is 9.31. The second-order valence-electron chi connectivity index (χ2n) is 22.8. The van der Waals surface area contributed by atoms with E-state index in [1.165, 1.54) is 0 Å². The molecule has 4 heterocycles. The zero-order chi connectivity index (χ0) is 108. The summed E-state index contributed by atoms with van der Waals surface area (Å²) < 4.78 is 21.0. The first kappa shape index (κ1) is 160. The van der Waals surface area contributed by atoms with Gasteiger partial charge in [0.15, 0.2) is 0 Å². The van der Waals surface area contributed by atoms with Gasteiger partial charge in [-0.15, -0.1) is 13.2 Å². The first-order valence-corrected chi connectivity index (χ1v) is 284. The number of anilines is 6. The van der Waals surface area contributed by atoms with Crippen LogP contribution in [-0.2, 0) is 0 Å². The van der Waals surface area contributed by atoms with E-state index in [9.17, 15) is 5.11 Å². The number of nitrogens with one attached hydrogen (secondary N) is 2. The Bertz CT molecular complexity index is 5600. The van der Waals surface area contributed by atoms with E-state index in [0.717, 1.165) is 68.1 Å². The number of phenolic OH excluding ortho intramolecular Hbond substituents is 1. The molecule has 808 valence electrons. The molecule has 7 N–H and O–H groups in total. The Balaban J connectivity index is 0.000000552. The number of aromatic nitrogens is 12. The van der Waals surface area contributed by atoms with E-state index in [-0.39, 0.29) is 178 Å². The fourth-order valence-electron chi connectivity index (χ4n) is 8.38. The van der Waals surface area contributed by atoms with Gasteiger partial charge in [0.25, 0.3) is 0 Å². The Labute approximate surface area is 1190 Å². The molecule has 11 aromatic rings. The third-order valence-electron chi connectivity index (χ3n) is 13.5. The van der Waals surface area contributed by atoms with Gasteiger partial charge in [-0.2, -0.15) is 75.6 Å². The van der Waals surface area contributed by atoms with Crippen molar-refractivity contribution in [3.63, 3.8) is 0 Å². The fraction of sp³-hybridized carbons (Fsp3) is 0.119. The topological polar surface area (TPSA) is 350 Å². The zero-order valence-corrected chi connectivity index (χ0v) is 171. The van der Waals surface area contributed by atoms with E-state index in [0.29, 0.717) is 77.6 Å². The predicted octanol–water partition coefficient (Wildman–Crippen LogP) is 49.9. The minimum atomic E-state index is -0.399. The molecule has 0 saturated heterocycles. The Morgan fingerprint density at radius 2 is 0.599 bits per heavy atom. The Morgan fingerprint density at radius 3 is 0.915 bits per heavy atom. The summed E-state index contributed by atoms with van der Waals surface area (Å²) in [5.74, 6) is 2.81. The van der Waals surface area contributed by atoms with Gasteiger partial charge in [-0.25, -0.2) is 0 Å². The van der Waals surface area contributed by atoms with Crippen LogP contribution in [0.25, 0.3) is 0 Å². The van der Waals surface area contributed by atoms with Crippen molar-refractivity contribution in [1.29, 1.82) is 15.8 Å². The van der Waals surface area contributed by atoms with E-state index >= 15 is 0 Å². The smallest absolute Gasteiger partial charge is 0.0991 e. The Kier molecular flexibility index (Phi) is 102. The number of nitrogens with two attached hydrogens (primary N) is 2. The molecule has 0 amide bonds. The molecule has 0 bridgehead atoms. The average Bonchev–Trinajstić information content (AvgIpc) is 0.823. The number of ether oxygens (including phenoxy) is 3. The van der Waals surface area contributed by atoms with Gasteiger partial charge >= 0.3 is 607 Å². The first-order chi connectivity index (χ1) is 66.5. The van der Waals surface area contributed by atoms with Crippen molar-refractivity contribution in [2.75, 3.05) is 22.1 Å². The van der Waals surface area contributed by atoms with E-state index < -0.39 is 23.7 Å². The van der Waals surface area contributed by atoms with Gasteiger partial charge in [-0.1, -0.05) is 63.7 Å². The molecule has 4 aromatic heterocycles. The third kappa shape index (κ3) is 66.8. The number of hydrogen-bond acceptors (Lipinski definition) is 23. The number of rotatable bonds is 26. The van der Waals surface area contributed by atoms with Gasteiger partial charge in [0.1, 0.15) is 23.0 Å². The normalized spacial score (nSPS) is 12.0. The van der Waals surface area contributed by atoms with Gasteiger partial charge in [0.05, 0.1) is 34.9 Å². The summed E-state index contributed by atoms with van der Waals surface area (Å²) in [5, 5.41) is 41.5. The number of nitrogen functional groups attached to an aromatic ring is 2. The fourth-order valence-corrected chi connectivity index (χ4v) is 5040. The molecule has 0 aliphatic rings.